The van der Waals surface area contributed by atoms with Gasteiger partial charge in [-0.2, -0.15) is 0 Å². The lowest BCUT2D eigenvalue weighted by Gasteiger charge is -2.13. The Bertz CT molecular complexity index is 1500. The van der Waals surface area contributed by atoms with Crippen LogP contribution in [0.4, 0.5) is 11.4 Å². The highest BCUT2D eigenvalue weighted by Crippen LogP contribution is 2.22. The fourth-order valence-electron chi connectivity index (χ4n) is 3.63. The van der Waals surface area contributed by atoms with Crippen LogP contribution in [0.15, 0.2) is 102 Å². The molecule has 0 fully saturated rings. The number of benzene rings is 4. The zero-order chi connectivity index (χ0) is 25.7. The first-order valence-electron chi connectivity index (χ1n) is 11.2. The molecule has 3 N–H and O–H groups in total. The maximum Gasteiger partial charge on any atom is 0.261 e. The van der Waals surface area contributed by atoms with Crippen molar-refractivity contribution in [1.29, 1.82) is 0 Å². The van der Waals surface area contributed by atoms with Crippen LogP contribution in [0.25, 0.3) is 11.1 Å². The van der Waals surface area contributed by atoms with E-state index in [4.69, 9.17) is 12.2 Å². The summed E-state index contributed by atoms with van der Waals surface area (Å²) in [6, 6.07) is 28.8. The first kappa shape index (κ1) is 25.1. The van der Waals surface area contributed by atoms with E-state index in [1.165, 1.54) is 12.1 Å². The molecule has 8 heteroatoms. The van der Waals surface area contributed by atoms with Crippen molar-refractivity contribution in [2.75, 3.05) is 10.0 Å². The van der Waals surface area contributed by atoms with Gasteiger partial charge in [0, 0.05) is 11.3 Å². The van der Waals surface area contributed by atoms with Crippen molar-refractivity contribution in [2.24, 2.45) is 0 Å². The molecule has 0 aliphatic rings. The standard InChI is InChI=1S/C28H25N3O3S2/c1-19-8-17-26(20(2)18-19)31-36(33,34)25-15-13-24(14-16-25)29-28(35)30-27(32)23-11-9-22(10-12-23)21-6-4-3-5-7-21/h3-18,31H,1-2H3,(H2,29,30,32,35). The number of hydrogen-bond donors (Lipinski definition) is 3. The van der Waals surface area contributed by atoms with Crippen LogP contribution in [-0.2, 0) is 10.0 Å². The molecule has 36 heavy (non-hydrogen) atoms. The topological polar surface area (TPSA) is 87.3 Å². The molecule has 4 aromatic rings. The lowest BCUT2D eigenvalue weighted by atomic mass is 10.0. The van der Waals surface area contributed by atoms with Crippen molar-refractivity contribution < 1.29 is 13.2 Å². The van der Waals surface area contributed by atoms with Gasteiger partial charge >= 0.3 is 0 Å². The lowest BCUT2D eigenvalue weighted by molar-refractivity contribution is 0.0977. The number of sulfonamides is 1. The third kappa shape index (κ3) is 6.16. The first-order chi connectivity index (χ1) is 17.2. The van der Waals surface area contributed by atoms with Gasteiger partial charge in [0.1, 0.15) is 0 Å². The van der Waals surface area contributed by atoms with Crippen LogP contribution < -0.4 is 15.4 Å². The molecule has 0 aliphatic carbocycles. The van der Waals surface area contributed by atoms with Gasteiger partial charge in [-0.25, -0.2) is 8.42 Å². The summed E-state index contributed by atoms with van der Waals surface area (Å²) in [5.41, 5.74) is 5.52. The average molecular weight is 516 g/mol. The van der Waals surface area contributed by atoms with Gasteiger partial charge in [-0.3, -0.25) is 14.8 Å². The monoisotopic (exact) mass is 515 g/mol. The summed E-state index contributed by atoms with van der Waals surface area (Å²) in [6.07, 6.45) is 0. The Labute approximate surface area is 216 Å². The van der Waals surface area contributed by atoms with Crippen LogP contribution in [0.5, 0.6) is 0 Å². The van der Waals surface area contributed by atoms with Crippen molar-refractivity contribution in [3.8, 4) is 11.1 Å². The summed E-state index contributed by atoms with van der Waals surface area (Å²) in [5.74, 6) is -0.344. The summed E-state index contributed by atoms with van der Waals surface area (Å²) in [6.45, 7) is 3.80. The van der Waals surface area contributed by atoms with Crippen molar-refractivity contribution in [2.45, 2.75) is 18.7 Å². The number of thiocarbonyl (C=S) groups is 1. The molecule has 0 atom stereocenters. The number of aryl methyl sites for hydroxylation is 2. The van der Waals surface area contributed by atoms with Gasteiger partial charge < -0.3 is 5.32 Å². The molecule has 182 valence electrons. The van der Waals surface area contributed by atoms with Crippen molar-refractivity contribution in [1.82, 2.24) is 5.32 Å². The summed E-state index contributed by atoms with van der Waals surface area (Å²) >= 11 is 5.26. The molecule has 1 amide bonds. The smallest absolute Gasteiger partial charge is 0.261 e. The molecule has 0 heterocycles. The van der Waals surface area contributed by atoms with E-state index in [1.54, 1.807) is 30.3 Å². The third-order valence-electron chi connectivity index (χ3n) is 5.53. The maximum absolute atomic E-state index is 12.8. The normalized spacial score (nSPS) is 10.9. The third-order valence-corrected chi connectivity index (χ3v) is 7.12. The predicted molar refractivity (Wildman–Crippen MR) is 149 cm³/mol. The Kier molecular flexibility index (Phi) is 7.47. The predicted octanol–water partition coefficient (Wildman–Crippen LogP) is 5.90. The molecule has 0 bridgehead atoms. The quantitative estimate of drug-likeness (QED) is 0.278. The number of amides is 1. The van der Waals surface area contributed by atoms with Crippen LogP contribution >= 0.6 is 12.2 Å². The van der Waals surface area contributed by atoms with Crippen molar-refractivity contribution in [3.63, 3.8) is 0 Å². The number of carbonyl (C=O) groups excluding carboxylic acids is 1. The van der Waals surface area contributed by atoms with Crippen molar-refractivity contribution >= 4 is 44.6 Å². The van der Waals surface area contributed by atoms with Crippen LogP contribution in [0, 0.1) is 13.8 Å². The van der Waals surface area contributed by atoms with E-state index in [0.29, 0.717) is 16.9 Å². The Morgan fingerprint density at radius 2 is 1.42 bits per heavy atom. The average Bonchev–Trinajstić information content (AvgIpc) is 2.86. The number of hydrogen-bond acceptors (Lipinski definition) is 4. The number of rotatable bonds is 6. The molecule has 0 aromatic heterocycles. The number of nitrogens with one attached hydrogen (secondary N) is 3. The molecule has 0 saturated heterocycles. The SMILES string of the molecule is Cc1ccc(NS(=O)(=O)c2ccc(NC(=S)NC(=O)c3ccc(-c4ccccc4)cc3)cc2)c(C)c1. The van der Waals surface area contributed by atoms with Crippen molar-refractivity contribution in [3.05, 3.63) is 114 Å². The number of anilines is 2. The molecule has 0 unspecified atom stereocenters. The Balaban J connectivity index is 1.36. The molecular weight excluding hydrogens is 490 g/mol. The van der Waals surface area contributed by atoms with Gasteiger partial charge in [0.15, 0.2) is 5.11 Å². The summed E-state index contributed by atoms with van der Waals surface area (Å²) in [5, 5.41) is 5.66. The highest BCUT2D eigenvalue weighted by Gasteiger charge is 2.16. The Morgan fingerprint density at radius 3 is 2.06 bits per heavy atom. The van der Waals surface area contributed by atoms with E-state index < -0.39 is 10.0 Å². The fourth-order valence-corrected chi connectivity index (χ4v) is 4.97. The van der Waals surface area contributed by atoms with E-state index in [9.17, 15) is 13.2 Å². The van der Waals surface area contributed by atoms with E-state index in [-0.39, 0.29) is 15.9 Å². The minimum absolute atomic E-state index is 0.108. The summed E-state index contributed by atoms with van der Waals surface area (Å²) in [7, 11) is -3.75. The van der Waals surface area contributed by atoms with Crippen LogP contribution in [0.2, 0.25) is 0 Å². The zero-order valence-electron chi connectivity index (χ0n) is 19.8. The van der Waals surface area contributed by atoms with Gasteiger partial charge in [-0.1, -0.05) is 60.2 Å². The highest BCUT2D eigenvalue weighted by molar-refractivity contribution is 7.92. The summed E-state index contributed by atoms with van der Waals surface area (Å²) < 4.78 is 28.2. The Hall–Kier alpha value is -4.01. The van der Waals surface area contributed by atoms with E-state index in [2.05, 4.69) is 15.4 Å². The lowest BCUT2D eigenvalue weighted by Crippen LogP contribution is -2.34. The summed E-state index contributed by atoms with van der Waals surface area (Å²) in [4.78, 5) is 12.7. The van der Waals surface area contributed by atoms with E-state index in [1.807, 2.05) is 68.4 Å². The van der Waals surface area contributed by atoms with Gasteiger partial charge in [0.05, 0.1) is 10.6 Å². The molecule has 4 rings (SSSR count). The minimum atomic E-state index is -3.75. The largest absolute Gasteiger partial charge is 0.332 e. The molecule has 0 radical (unpaired) electrons. The highest BCUT2D eigenvalue weighted by atomic mass is 32.2. The molecule has 0 saturated carbocycles. The minimum Gasteiger partial charge on any atom is -0.332 e. The zero-order valence-corrected chi connectivity index (χ0v) is 21.4. The van der Waals surface area contributed by atoms with Gasteiger partial charge in [0.2, 0.25) is 0 Å². The van der Waals surface area contributed by atoms with Gasteiger partial charge in [-0.15, -0.1) is 0 Å². The maximum atomic E-state index is 12.8. The second kappa shape index (κ2) is 10.7. The fraction of sp³-hybridized carbons (Fsp3) is 0.0714. The van der Waals surface area contributed by atoms with Crippen LogP contribution in [0.3, 0.4) is 0 Å². The molecule has 6 nitrogen and oxygen atoms in total. The number of carbonyl (C=O) groups is 1. The Morgan fingerprint density at radius 1 is 0.778 bits per heavy atom. The van der Waals surface area contributed by atoms with Crippen LogP contribution in [0.1, 0.15) is 21.5 Å². The van der Waals surface area contributed by atoms with Crippen LogP contribution in [-0.4, -0.2) is 19.4 Å². The molecular formula is C28H25N3O3S2. The van der Waals surface area contributed by atoms with E-state index in [0.717, 1.165) is 22.3 Å². The van der Waals surface area contributed by atoms with Gasteiger partial charge in [-0.05, 0) is 85.2 Å². The second-order valence-electron chi connectivity index (χ2n) is 8.30. The molecule has 4 aromatic carbocycles. The van der Waals surface area contributed by atoms with E-state index >= 15 is 0 Å². The molecule has 0 aliphatic heterocycles. The van der Waals surface area contributed by atoms with Gasteiger partial charge in [0.25, 0.3) is 15.9 Å². The first-order valence-corrected chi connectivity index (χ1v) is 13.1. The molecule has 0 spiro atoms. The second-order valence-corrected chi connectivity index (χ2v) is 10.4.